The van der Waals surface area contributed by atoms with Crippen LogP contribution in [0.3, 0.4) is 0 Å². The minimum absolute atomic E-state index is 0.0503. The summed E-state index contributed by atoms with van der Waals surface area (Å²) in [7, 11) is 0. The fraction of sp³-hybridized carbons (Fsp3) is 0.550. The molecule has 0 aliphatic carbocycles. The highest BCUT2D eigenvalue weighted by Gasteiger charge is 2.48. The summed E-state index contributed by atoms with van der Waals surface area (Å²) < 4.78 is 65.2. The monoisotopic (exact) mass is 501 g/mol. The number of carbonyl (C=O) groups excluding carboxylic acids is 1. The first kappa shape index (κ1) is 22.9. The molecule has 14 heteroatoms. The molecule has 0 radical (unpaired) electrons. The Bertz CT molecular complexity index is 1200. The quantitative estimate of drug-likeness (QED) is 0.498. The van der Waals surface area contributed by atoms with Gasteiger partial charge in [0.15, 0.2) is 10.7 Å². The standard InChI is InChI=1S/C20H20F5N7OS/c21-14(22)11-32-16-13(8-28-32)26-9-15(29-16)30-4-1-19(2-5-30)3-6-31(18(19)33)10-12-7-27-17(34-12)20(23,24)25/h7-9,14H,1-6,10-11H2. The second-order valence-electron chi connectivity index (χ2n) is 8.53. The van der Waals surface area contributed by atoms with Crippen molar-refractivity contribution in [1.82, 2.24) is 29.6 Å². The first-order valence-electron chi connectivity index (χ1n) is 10.7. The summed E-state index contributed by atoms with van der Waals surface area (Å²) in [4.78, 5) is 29.3. The molecule has 182 valence electrons. The zero-order valence-electron chi connectivity index (χ0n) is 17.8. The van der Waals surface area contributed by atoms with Gasteiger partial charge in [-0.25, -0.2) is 28.4 Å². The summed E-state index contributed by atoms with van der Waals surface area (Å²) in [5, 5.41) is 3.01. The summed E-state index contributed by atoms with van der Waals surface area (Å²) in [5.74, 6) is 0.482. The van der Waals surface area contributed by atoms with E-state index in [1.54, 1.807) is 11.1 Å². The summed E-state index contributed by atoms with van der Waals surface area (Å²) in [5.41, 5.74) is 0.156. The largest absolute Gasteiger partial charge is 0.443 e. The van der Waals surface area contributed by atoms with Crippen LogP contribution >= 0.6 is 11.3 Å². The van der Waals surface area contributed by atoms with Crippen molar-refractivity contribution in [3.8, 4) is 0 Å². The molecule has 0 unspecified atom stereocenters. The molecule has 2 aliphatic rings. The van der Waals surface area contributed by atoms with Crippen LogP contribution in [-0.2, 0) is 24.1 Å². The number of hydrogen-bond donors (Lipinski definition) is 0. The zero-order valence-corrected chi connectivity index (χ0v) is 18.6. The van der Waals surface area contributed by atoms with Crippen molar-refractivity contribution >= 4 is 34.2 Å². The van der Waals surface area contributed by atoms with Gasteiger partial charge < -0.3 is 9.80 Å². The third-order valence-corrected chi connectivity index (χ3v) is 7.46. The van der Waals surface area contributed by atoms with E-state index in [1.165, 1.54) is 12.4 Å². The van der Waals surface area contributed by atoms with E-state index < -0.39 is 29.6 Å². The molecule has 0 aromatic carbocycles. The van der Waals surface area contributed by atoms with Gasteiger partial charge in [-0.3, -0.25) is 4.79 Å². The number of rotatable bonds is 5. The van der Waals surface area contributed by atoms with Crippen LogP contribution in [0.2, 0.25) is 0 Å². The Morgan fingerprint density at radius 1 is 1.06 bits per heavy atom. The number of halogens is 5. The highest BCUT2D eigenvalue weighted by atomic mass is 32.1. The number of fused-ring (bicyclic) bond motifs is 1. The average Bonchev–Trinajstić information content (AvgIpc) is 3.49. The van der Waals surface area contributed by atoms with Crippen LogP contribution in [0.4, 0.5) is 27.8 Å². The molecule has 5 heterocycles. The lowest BCUT2D eigenvalue weighted by molar-refractivity contribution is -0.138. The van der Waals surface area contributed by atoms with E-state index in [9.17, 15) is 26.7 Å². The first-order chi connectivity index (χ1) is 16.1. The van der Waals surface area contributed by atoms with Gasteiger partial charge in [0.2, 0.25) is 5.91 Å². The maximum atomic E-state index is 13.2. The number of alkyl halides is 5. The fourth-order valence-corrected chi connectivity index (χ4v) is 5.42. The number of piperidine rings is 1. The van der Waals surface area contributed by atoms with Gasteiger partial charge in [-0.1, -0.05) is 0 Å². The summed E-state index contributed by atoms with van der Waals surface area (Å²) in [6, 6.07) is 0. The molecule has 2 aliphatic heterocycles. The normalized spacial score (nSPS) is 18.7. The van der Waals surface area contributed by atoms with E-state index in [4.69, 9.17) is 0 Å². The predicted octanol–water partition coefficient (Wildman–Crippen LogP) is 3.59. The van der Waals surface area contributed by atoms with Gasteiger partial charge in [-0.2, -0.15) is 18.3 Å². The van der Waals surface area contributed by atoms with E-state index >= 15 is 0 Å². The summed E-state index contributed by atoms with van der Waals surface area (Å²) in [6.45, 7) is 1.09. The number of thiazole rings is 1. The first-order valence-corrected chi connectivity index (χ1v) is 11.5. The Morgan fingerprint density at radius 3 is 2.47 bits per heavy atom. The SMILES string of the molecule is O=C1N(Cc2cnc(C(F)(F)F)s2)CCC12CCN(c1cnc3cnn(CC(F)F)c3n1)CC2. The van der Waals surface area contributed by atoms with E-state index in [0.717, 1.165) is 4.68 Å². The molecule has 0 bridgehead atoms. The maximum Gasteiger partial charge on any atom is 0.443 e. The van der Waals surface area contributed by atoms with Gasteiger partial charge in [-0.15, -0.1) is 11.3 Å². The van der Waals surface area contributed by atoms with Gasteiger partial charge in [0.05, 0.1) is 24.4 Å². The predicted molar refractivity (Wildman–Crippen MR) is 112 cm³/mol. The maximum absolute atomic E-state index is 13.2. The summed E-state index contributed by atoms with van der Waals surface area (Å²) >= 11 is 0.560. The van der Waals surface area contributed by atoms with Gasteiger partial charge in [0.25, 0.3) is 6.43 Å². The summed E-state index contributed by atoms with van der Waals surface area (Å²) in [6.07, 6.45) is -1.15. The van der Waals surface area contributed by atoms with Crippen molar-refractivity contribution in [3.63, 3.8) is 0 Å². The van der Waals surface area contributed by atoms with Crippen LogP contribution in [0.15, 0.2) is 18.6 Å². The lowest BCUT2D eigenvalue weighted by atomic mass is 9.77. The molecule has 3 aromatic rings. The van der Waals surface area contributed by atoms with Crippen LogP contribution in [-0.4, -0.2) is 61.6 Å². The van der Waals surface area contributed by atoms with E-state index in [0.29, 0.717) is 66.4 Å². The molecule has 2 fully saturated rings. The van der Waals surface area contributed by atoms with Crippen LogP contribution in [0.5, 0.6) is 0 Å². The Labute approximate surface area is 194 Å². The second-order valence-corrected chi connectivity index (χ2v) is 9.64. The van der Waals surface area contributed by atoms with Gasteiger partial charge in [0, 0.05) is 30.7 Å². The molecule has 8 nitrogen and oxygen atoms in total. The lowest BCUT2D eigenvalue weighted by Gasteiger charge is -2.38. The van der Waals surface area contributed by atoms with Crippen LogP contribution in [0.25, 0.3) is 11.2 Å². The third-order valence-electron chi connectivity index (χ3n) is 6.43. The number of carbonyl (C=O) groups is 1. The molecule has 0 N–H and O–H groups in total. The molecular weight excluding hydrogens is 481 g/mol. The second kappa shape index (κ2) is 8.40. The van der Waals surface area contributed by atoms with Crippen molar-refractivity contribution < 1.29 is 26.7 Å². The van der Waals surface area contributed by atoms with Gasteiger partial charge >= 0.3 is 6.18 Å². The Hall–Kier alpha value is -2.90. The molecule has 1 amide bonds. The van der Waals surface area contributed by atoms with Gasteiger partial charge in [0.1, 0.15) is 17.9 Å². The highest BCUT2D eigenvalue weighted by molar-refractivity contribution is 7.11. The molecule has 2 saturated heterocycles. The Balaban J connectivity index is 1.25. The topological polar surface area (TPSA) is 80.0 Å². The Kier molecular flexibility index (Phi) is 5.65. The van der Waals surface area contributed by atoms with Crippen molar-refractivity contribution in [1.29, 1.82) is 0 Å². The number of likely N-dealkylation sites (tertiary alicyclic amines) is 1. The minimum Gasteiger partial charge on any atom is -0.355 e. The smallest absolute Gasteiger partial charge is 0.355 e. The van der Waals surface area contributed by atoms with E-state index in [-0.39, 0.29) is 18.1 Å². The van der Waals surface area contributed by atoms with Crippen LogP contribution in [0, 0.1) is 5.41 Å². The van der Waals surface area contributed by atoms with Crippen molar-refractivity contribution in [2.24, 2.45) is 5.41 Å². The molecule has 0 saturated carbocycles. The molecule has 34 heavy (non-hydrogen) atoms. The zero-order chi connectivity index (χ0) is 24.1. The minimum atomic E-state index is -4.49. The number of anilines is 1. The Morgan fingerprint density at radius 2 is 1.79 bits per heavy atom. The van der Waals surface area contributed by atoms with Crippen LogP contribution < -0.4 is 4.90 Å². The molecule has 5 rings (SSSR count). The lowest BCUT2D eigenvalue weighted by Crippen LogP contribution is -2.44. The third kappa shape index (κ3) is 4.18. The van der Waals surface area contributed by atoms with Crippen molar-refractivity contribution in [2.75, 3.05) is 24.5 Å². The number of amides is 1. The van der Waals surface area contributed by atoms with Crippen molar-refractivity contribution in [2.45, 2.75) is 45.0 Å². The van der Waals surface area contributed by atoms with Gasteiger partial charge in [-0.05, 0) is 19.3 Å². The molecule has 0 atom stereocenters. The molecular formula is C20H20F5N7OS. The number of hydrogen-bond acceptors (Lipinski definition) is 7. The highest BCUT2D eigenvalue weighted by Crippen LogP contribution is 2.43. The average molecular weight is 501 g/mol. The fourth-order valence-electron chi connectivity index (χ4n) is 4.63. The molecule has 1 spiro atoms. The number of aromatic nitrogens is 5. The van der Waals surface area contributed by atoms with E-state index in [2.05, 4.69) is 20.1 Å². The van der Waals surface area contributed by atoms with Crippen LogP contribution in [0.1, 0.15) is 29.1 Å². The van der Waals surface area contributed by atoms with Crippen molar-refractivity contribution in [3.05, 3.63) is 28.5 Å². The number of nitrogens with zero attached hydrogens (tertiary/aromatic N) is 7. The van der Waals surface area contributed by atoms with E-state index in [1.807, 2.05) is 4.90 Å². The molecule has 3 aromatic heterocycles.